The van der Waals surface area contributed by atoms with Crippen molar-refractivity contribution in [3.63, 3.8) is 0 Å². The van der Waals surface area contributed by atoms with Crippen molar-refractivity contribution in [2.75, 3.05) is 5.43 Å². The largest absolute Gasteiger partial charge is 0.282 e. The molecule has 0 atom stereocenters. The maximum Gasteiger partial charge on any atom is 0.269 e. The third kappa shape index (κ3) is 3.32. The molecule has 2 rings (SSSR count). The number of amides is 1. The molecule has 2 N–H and O–H groups in total. The van der Waals surface area contributed by atoms with Gasteiger partial charge in [0.1, 0.15) is 16.1 Å². The fourth-order valence-electron chi connectivity index (χ4n) is 1.23. The minimum atomic E-state index is -0.383. The molecule has 0 bridgehead atoms. The average Bonchev–Trinajstić information content (AvgIpc) is 2.36. The van der Waals surface area contributed by atoms with E-state index in [4.69, 9.17) is 23.2 Å². The Morgan fingerprint density at radius 3 is 2.50 bits per heavy atom. The predicted molar refractivity (Wildman–Crippen MR) is 69.6 cm³/mol. The average molecular weight is 283 g/mol. The molecular weight excluding hydrogens is 275 g/mol. The predicted octanol–water partition coefficient (Wildman–Crippen LogP) is 2.54. The fraction of sp³-hybridized carbons (Fsp3) is 0. The summed E-state index contributed by atoms with van der Waals surface area (Å²) in [6.07, 6.45) is 1.61. The van der Waals surface area contributed by atoms with Gasteiger partial charge in [0, 0.05) is 11.8 Å². The molecule has 0 aliphatic carbocycles. The maximum atomic E-state index is 11.8. The van der Waals surface area contributed by atoms with Crippen LogP contribution in [0.25, 0.3) is 0 Å². The summed E-state index contributed by atoms with van der Waals surface area (Å²) in [5.74, 6) is 0.143. The van der Waals surface area contributed by atoms with Gasteiger partial charge in [0.15, 0.2) is 0 Å². The van der Waals surface area contributed by atoms with E-state index in [1.165, 1.54) is 12.1 Å². The number of hydrazine groups is 1. The van der Waals surface area contributed by atoms with E-state index in [0.29, 0.717) is 11.4 Å². The highest BCUT2D eigenvalue weighted by atomic mass is 35.5. The summed E-state index contributed by atoms with van der Waals surface area (Å²) in [7, 11) is 0. The second kappa shape index (κ2) is 5.66. The Labute approximate surface area is 113 Å². The molecule has 0 aliphatic rings. The lowest BCUT2D eigenvalue weighted by Gasteiger charge is -2.07. The number of rotatable bonds is 3. The second-order valence-corrected chi connectivity index (χ2v) is 4.07. The van der Waals surface area contributed by atoms with Crippen LogP contribution in [-0.2, 0) is 0 Å². The van der Waals surface area contributed by atoms with Crippen molar-refractivity contribution in [3.05, 3.63) is 52.4 Å². The summed E-state index contributed by atoms with van der Waals surface area (Å²) >= 11 is 11.4. The van der Waals surface area contributed by atoms with Gasteiger partial charge >= 0.3 is 0 Å². The normalized spacial score (nSPS) is 9.89. The lowest BCUT2D eigenvalue weighted by molar-refractivity contribution is 0.0962. The lowest BCUT2D eigenvalue weighted by Crippen LogP contribution is -2.29. The van der Waals surface area contributed by atoms with E-state index in [1.54, 1.807) is 24.4 Å². The Balaban J connectivity index is 2.04. The van der Waals surface area contributed by atoms with Crippen molar-refractivity contribution in [2.24, 2.45) is 0 Å². The molecule has 5 nitrogen and oxygen atoms in total. The molecule has 0 aromatic carbocycles. The van der Waals surface area contributed by atoms with Gasteiger partial charge in [0.25, 0.3) is 5.91 Å². The number of carbonyl (C=O) groups excluding carboxylic acids is 1. The highest BCUT2D eigenvalue weighted by Crippen LogP contribution is 2.14. The first-order valence-corrected chi connectivity index (χ1v) is 5.71. The van der Waals surface area contributed by atoms with Crippen LogP contribution in [0.3, 0.4) is 0 Å². The second-order valence-electron chi connectivity index (χ2n) is 3.30. The molecule has 0 aliphatic heterocycles. The number of nitrogens with one attached hydrogen (secondary N) is 2. The Bertz CT molecular complexity index is 542. The van der Waals surface area contributed by atoms with Gasteiger partial charge in [-0.1, -0.05) is 29.3 Å². The number of anilines is 1. The van der Waals surface area contributed by atoms with Crippen LogP contribution in [0.5, 0.6) is 0 Å². The first-order chi connectivity index (χ1) is 8.65. The van der Waals surface area contributed by atoms with Gasteiger partial charge in [0.2, 0.25) is 0 Å². The number of hydrogen-bond donors (Lipinski definition) is 2. The van der Waals surface area contributed by atoms with Crippen molar-refractivity contribution in [2.45, 2.75) is 0 Å². The van der Waals surface area contributed by atoms with Crippen molar-refractivity contribution in [1.29, 1.82) is 0 Å². The Morgan fingerprint density at radius 1 is 1.17 bits per heavy atom. The molecule has 1 amide bonds. The topological polar surface area (TPSA) is 66.9 Å². The van der Waals surface area contributed by atoms with E-state index >= 15 is 0 Å². The van der Waals surface area contributed by atoms with Gasteiger partial charge in [-0.3, -0.25) is 15.6 Å². The van der Waals surface area contributed by atoms with Crippen LogP contribution in [0.2, 0.25) is 10.3 Å². The van der Waals surface area contributed by atoms with Gasteiger partial charge in [-0.05, 0) is 24.3 Å². The first kappa shape index (κ1) is 12.6. The van der Waals surface area contributed by atoms with E-state index in [2.05, 4.69) is 20.8 Å². The monoisotopic (exact) mass is 282 g/mol. The SMILES string of the molecule is O=C(NNc1ccccn1)c1cc(Cl)nc(Cl)c1. The molecule has 0 spiro atoms. The van der Waals surface area contributed by atoms with Gasteiger partial charge in [-0.2, -0.15) is 0 Å². The molecule has 0 fully saturated rings. The molecular formula is C11H8Cl2N4O. The number of nitrogens with zero attached hydrogens (tertiary/aromatic N) is 2. The molecule has 92 valence electrons. The Hall–Kier alpha value is -1.85. The van der Waals surface area contributed by atoms with Crippen LogP contribution in [0, 0.1) is 0 Å². The number of carbonyl (C=O) groups is 1. The minimum Gasteiger partial charge on any atom is -0.282 e. The van der Waals surface area contributed by atoms with E-state index < -0.39 is 0 Å². The molecule has 2 aromatic rings. The van der Waals surface area contributed by atoms with Crippen LogP contribution >= 0.6 is 23.2 Å². The highest BCUT2D eigenvalue weighted by molar-refractivity contribution is 6.33. The first-order valence-electron chi connectivity index (χ1n) is 4.95. The van der Waals surface area contributed by atoms with Crippen LogP contribution in [0.1, 0.15) is 10.4 Å². The van der Waals surface area contributed by atoms with Crippen LogP contribution in [0.4, 0.5) is 5.82 Å². The zero-order valence-corrected chi connectivity index (χ0v) is 10.5. The summed E-state index contributed by atoms with van der Waals surface area (Å²) in [5.41, 5.74) is 5.45. The number of pyridine rings is 2. The molecule has 18 heavy (non-hydrogen) atoms. The zero-order chi connectivity index (χ0) is 13.0. The molecule has 0 radical (unpaired) electrons. The number of aromatic nitrogens is 2. The fourth-order valence-corrected chi connectivity index (χ4v) is 1.69. The van der Waals surface area contributed by atoms with Crippen LogP contribution in [0.15, 0.2) is 36.5 Å². The maximum absolute atomic E-state index is 11.8. The Kier molecular flexibility index (Phi) is 3.96. The third-order valence-corrected chi connectivity index (χ3v) is 2.38. The quantitative estimate of drug-likeness (QED) is 0.671. The van der Waals surface area contributed by atoms with E-state index in [1.807, 2.05) is 0 Å². The highest BCUT2D eigenvalue weighted by Gasteiger charge is 2.08. The van der Waals surface area contributed by atoms with Crippen LogP contribution in [-0.4, -0.2) is 15.9 Å². The van der Waals surface area contributed by atoms with Crippen molar-refractivity contribution in [1.82, 2.24) is 15.4 Å². The van der Waals surface area contributed by atoms with Crippen molar-refractivity contribution < 1.29 is 4.79 Å². The van der Waals surface area contributed by atoms with E-state index in [9.17, 15) is 4.79 Å². The van der Waals surface area contributed by atoms with Gasteiger partial charge in [-0.25, -0.2) is 9.97 Å². The summed E-state index contributed by atoms with van der Waals surface area (Å²) in [6.45, 7) is 0. The molecule has 0 unspecified atom stereocenters. The third-order valence-electron chi connectivity index (χ3n) is 1.99. The number of hydrogen-bond acceptors (Lipinski definition) is 4. The van der Waals surface area contributed by atoms with Crippen molar-refractivity contribution in [3.8, 4) is 0 Å². The van der Waals surface area contributed by atoms with Crippen molar-refractivity contribution >= 4 is 34.9 Å². The van der Waals surface area contributed by atoms with Gasteiger partial charge in [-0.15, -0.1) is 0 Å². The summed E-state index contributed by atoms with van der Waals surface area (Å²) in [5, 5.41) is 0.316. The molecule has 0 saturated carbocycles. The molecule has 2 heterocycles. The van der Waals surface area contributed by atoms with E-state index in [-0.39, 0.29) is 16.2 Å². The summed E-state index contributed by atoms with van der Waals surface area (Å²) < 4.78 is 0. The molecule has 0 saturated heterocycles. The minimum absolute atomic E-state index is 0.158. The van der Waals surface area contributed by atoms with Gasteiger partial charge < -0.3 is 0 Å². The zero-order valence-electron chi connectivity index (χ0n) is 9.02. The van der Waals surface area contributed by atoms with Gasteiger partial charge in [0.05, 0.1) is 0 Å². The summed E-state index contributed by atoms with van der Waals surface area (Å²) in [4.78, 5) is 19.5. The lowest BCUT2D eigenvalue weighted by atomic mass is 10.2. The smallest absolute Gasteiger partial charge is 0.269 e. The van der Waals surface area contributed by atoms with Crippen LogP contribution < -0.4 is 10.9 Å². The number of halogens is 2. The molecule has 2 aromatic heterocycles. The summed E-state index contributed by atoms with van der Waals surface area (Å²) in [6, 6.07) is 8.12. The standard InChI is InChI=1S/C11H8Cl2N4O/c12-8-5-7(6-9(13)15-8)11(18)17-16-10-3-1-2-4-14-10/h1-6H,(H,14,16)(H,17,18). The molecule has 7 heteroatoms. The van der Waals surface area contributed by atoms with E-state index in [0.717, 1.165) is 0 Å². The Morgan fingerprint density at radius 2 is 1.89 bits per heavy atom.